The number of fused-ring (bicyclic) bond motifs is 1. The largest absolute Gasteiger partial charge is 0.458 e. The number of hydrogen-bond donors (Lipinski definition) is 3. The number of benzene rings is 1. The number of halogens is 6. The van der Waals surface area contributed by atoms with E-state index in [4.69, 9.17) is 5.73 Å². The van der Waals surface area contributed by atoms with Crippen molar-refractivity contribution in [2.75, 3.05) is 17.6 Å². The van der Waals surface area contributed by atoms with E-state index in [2.05, 4.69) is 20.5 Å². The molecule has 0 bridgehead atoms. The maximum atomic E-state index is 14.3. The van der Waals surface area contributed by atoms with Gasteiger partial charge in [-0.2, -0.15) is 27.1 Å². The number of rotatable bonds is 5. The molecule has 2 heterocycles. The van der Waals surface area contributed by atoms with Crippen molar-refractivity contribution >= 4 is 34.2 Å². The Morgan fingerprint density at radius 2 is 1.88 bits per heavy atom. The van der Waals surface area contributed by atoms with Gasteiger partial charge in [0.2, 0.25) is 0 Å². The lowest BCUT2D eigenvalue weighted by Gasteiger charge is -2.22. The Bertz CT molecular complexity index is 1210. The van der Waals surface area contributed by atoms with Crippen molar-refractivity contribution in [3.05, 3.63) is 47.5 Å². The summed E-state index contributed by atoms with van der Waals surface area (Å²) in [6.45, 7) is 0.824. The van der Waals surface area contributed by atoms with E-state index in [-0.39, 0.29) is 29.7 Å². The number of aromatic amines is 1. The van der Waals surface area contributed by atoms with E-state index in [9.17, 15) is 35.9 Å². The molecule has 1 aromatic carbocycles. The lowest BCUT2D eigenvalue weighted by molar-refractivity contribution is -0.289. The Labute approximate surface area is 181 Å². The molecule has 0 aliphatic heterocycles. The Kier molecular flexibility index (Phi) is 6.20. The number of nitrogens with two attached hydrogens (primary N) is 1. The van der Waals surface area contributed by atoms with Crippen molar-refractivity contribution in [2.24, 2.45) is 0 Å². The van der Waals surface area contributed by atoms with Crippen LogP contribution in [0.1, 0.15) is 18.1 Å². The Balaban J connectivity index is 1.77. The number of nitrogens with zero attached hydrogens (tertiary/aromatic N) is 3. The molecule has 3 rings (SSSR count). The second-order valence-electron chi connectivity index (χ2n) is 6.87. The topological polar surface area (TPSA) is 117 Å². The van der Waals surface area contributed by atoms with Crippen molar-refractivity contribution in [1.29, 1.82) is 0 Å². The van der Waals surface area contributed by atoms with E-state index in [0.29, 0.717) is 23.0 Å². The molecule has 0 radical (unpaired) electrons. The average Bonchev–Trinajstić information content (AvgIpc) is 3.24. The van der Waals surface area contributed by atoms with Crippen LogP contribution >= 0.6 is 0 Å². The smallest absolute Gasteiger partial charge is 0.383 e. The van der Waals surface area contributed by atoms with E-state index in [1.807, 2.05) is 0 Å². The third kappa shape index (κ3) is 4.54. The van der Waals surface area contributed by atoms with Gasteiger partial charge in [-0.15, -0.1) is 0 Å². The van der Waals surface area contributed by atoms with Gasteiger partial charge in [-0.1, -0.05) is 12.1 Å². The molecule has 3 aromatic rings. The molecular weight excluding hydrogens is 458 g/mol. The number of carbonyl (C=O) groups excluding carboxylic acids is 2. The van der Waals surface area contributed by atoms with Crippen molar-refractivity contribution < 1.29 is 35.9 Å². The average molecular weight is 474 g/mol. The number of pyridine rings is 1. The number of aromatic nitrogens is 3. The summed E-state index contributed by atoms with van der Waals surface area (Å²) in [7, 11) is 0. The number of hydrogen-bond acceptors (Lipinski definition) is 5. The van der Waals surface area contributed by atoms with Gasteiger partial charge in [-0.25, -0.2) is 9.37 Å². The number of amides is 2. The summed E-state index contributed by atoms with van der Waals surface area (Å²) >= 11 is 0. The van der Waals surface area contributed by atoms with Crippen LogP contribution in [0, 0.1) is 5.82 Å². The van der Waals surface area contributed by atoms with Crippen LogP contribution in [0.15, 0.2) is 30.6 Å². The molecule has 0 spiro atoms. The van der Waals surface area contributed by atoms with Crippen molar-refractivity contribution in [3.8, 4) is 0 Å². The minimum atomic E-state index is -5.90. The summed E-state index contributed by atoms with van der Waals surface area (Å²) in [6, 6.07) is 1.17. The highest BCUT2D eigenvalue weighted by molar-refractivity contribution is 6.40. The minimum Gasteiger partial charge on any atom is -0.383 e. The maximum Gasteiger partial charge on any atom is 0.458 e. The van der Waals surface area contributed by atoms with Gasteiger partial charge in [0.25, 0.3) is 0 Å². The Hall–Kier alpha value is -3.84. The van der Waals surface area contributed by atoms with Crippen LogP contribution < -0.4 is 11.1 Å². The van der Waals surface area contributed by atoms with Gasteiger partial charge in [0, 0.05) is 24.2 Å². The maximum absolute atomic E-state index is 14.3. The highest BCUT2D eigenvalue weighted by Gasteiger charge is 2.58. The molecule has 0 saturated heterocycles. The monoisotopic (exact) mass is 474 g/mol. The zero-order chi connectivity index (χ0) is 24.6. The number of carbonyl (C=O) groups is 2. The molecule has 2 aromatic heterocycles. The first-order chi connectivity index (χ1) is 15.4. The second kappa shape index (κ2) is 8.60. The highest BCUT2D eigenvalue weighted by atomic mass is 19.4. The van der Waals surface area contributed by atoms with E-state index in [1.165, 1.54) is 19.3 Å². The fraction of sp³-hybridized carbons (Fsp3) is 0.263. The zero-order valence-electron chi connectivity index (χ0n) is 16.8. The number of alkyl halides is 5. The molecule has 33 heavy (non-hydrogen) atoms. The summed E-state index contributed by atoms with van der Waals surface area (Å²) in [4.78, 5) is 29.7. The molecule has 14 heteroatoms. The summed E-state index contributed by atoms with van der Waals surface area (Å²) in [6.07, 6.45) is -3.35. The SMILES string of the molecule is CCN(Cc1ccc(C(F)(F)C(F)(F)F)cc1F)C(=O)C(=O)Nc1cnc(N)c2cn[nH]c12. The van der Waals surface area contributed by atoms with Crippen molar-refractivity contribution in [2.45, 2.75) is 25.6 Å². The van der Waals surface area contributed by atoms with Gasteiger partial charge in [0.1, 0.15) is 11.6 Å². The minimum absolute atomic E-state index is 0.0518. The third-order valence-electron chi connectivity index (χ3n) is 4.76. The highest BCUT2D eigenvalue weighted by Crippen LogP contribution is 2.44. The molecule has 0 saturated carbocycles. The number of anilines is 2. The standard InChI is InChI=1S/C19H16F6N6O2/c1-2-31(8-9-3-4-10(5-12(9)20)18(21,22)19(23,24)25)17(33)16(32)29-13-7-27-15(26)11-6-28-30-14(11)13/h3-7H,2,8H2,1H3,(H2,26,27)(H,28,30)(H,29,32). The van der Waals surface area contributed by atoms with Gasteiger partial charge in [-0.3, -0.25) is 14.7 Å². The molecule has 0 unspecified atom stereocenters. The summed E-state index contributed by atoms with van der Waals surface area (Å²) < 4.78 is 78.6. The third-order valence-corrected chi connectivity index (χ3v) is 4.76. The van der Waals surface area contributed by atoms with E-state index >= 15 is 0 Å². The molecular formula is C19H16F6N6O2. The van der Waals surface area contributed by atoms with Gasteiger partial charge < -0.3 is 16.0 Å². The molecule has 176 valence electrons. The summed E-state index contributed by atoms with van der Waals surface area (Å²) in [5.41, 5.74) is 4.15. The van der Waals surface area contributed by atoms with Gasteiger partial charge in [0.15, 0.2) is 0 Å². The van der Waals surface area contributed by atoms with Crippen LogP contribution in [0.4, 0.5) is 37.8 Å². The molecule has 0 aliphatic carbocycles. The predicted molar refractivity (Wildman–Crippen MR) is 104 cm³/mol. The van der Waals surface area contributed by atoms with Crippen LogP contribution in [0.5, 0.6) is 0 Å². The van der Waals surface area contributed by atoms with Crippen molar-refractivity contribution in [3.63, 3.8) is 0 Å². The van der Waals surface area contributed by atoms with E-state index in [0.717, 1.165) is 4.90 Å². The number of nitrogen functional groups attached to an aromatic ring is 1. The van der Waals surface area contributed by atoms with Crippen LogP contribution in [0.25, 0.3) is 10.9 Å². The quantitative estimate of drug-likeness (QED) is 0.388. The molecule has 0 atom stereocenters. The first kappa shape index (κ1) is 23.8. The predicted octanol–water partition coefficient (Wildman–Crippen LogP) is 3.32. The van der Waals surface area contributed by atoms with E-state index < -0.39 is 41.8 Å². The molecule has 4 N–H and O–H groups in total. The number of H-pyrrole nitrogens is 1. The number of nitrogens with one attached hydrogen (secondary N) is 2. The van der Waals surface area contributed by atoms with Gasteiger partial charge in [0.05, 0.1) is 29.0 Å². The first-order valence-electron chi connectivity index (χ1n) is 9.28. The molecule has 0 fully saturated rings. The fourth-order valence-electron chi connectivity index (χ4n) is 2.94. The first-order valence-corrected chi connectivity index (χ1v) is 9.28. The van der Waals surface area contributed by atoms with Gasteiger partial charge in [-0.05, 0) is 13.0 Å². The lowest BCUT2D eigenvalue weighted by atomic mass is 10.0. The molecule has 0 aliphatic rings. The van der Waals surface area contributed by atoms with E-state index in [1.54, 1.807) is 0 Å². The Morgan fingerprint density at radius 3 is 2.48 bits per heavy atom. The summed E-state index contributed by atoms with van der Waals surface area (Å²) in [5.74, 6) is -8.73. The molecule has 2 amide bonds. The van der Waals surface area contributed by atoms with Crippen LogP contribution in [-0.4, -0.2) is 44.6 Å². The lowest BCUT2D eigenvalue weighted by Crippen LogP contribution is -2.39. The second-order valence-corrected chi connectivity index (χ2v) is 6.87. The van der Waals surface area contributed by atoms with Gasteiger partial charge >= 0.3 is 23.9 Å². The van der Waals surface area contributed by atoms with Crippen LogP contribution in [0.3, 0.4) is 0 Å². The normalized spacial score (nSPS) is 12.1. The van der Waals surface area contributed by atoms with Crippen LogP contribution in [-0.2, 0) is 22.1 Å². The van der Waals surface area contributed by atoms with Crippen LogP contribution in [0.2, 0.25) is 0 Å². The Morgan fingerprint density at radius 1 is 1.18 bits per heavy atom. The molecule has 8 nitrogen and oxygen atoms in total. The number of likely N-dealkylation sites (N-methyl/N-ethyl adjacent to an activating group) is 1. The summed E-state index contributed by atoms with van der Waals surface area (Å²) in [5, 5.41) is 9.08. The van der Waals surface area contributed by atoms with Crippen molar-refractivity contribution in [1.82, 2.24) is 20.1 Å². The fourth-order valence-corrected chi connectivity index (χ4v) is 2.94. The zero-order valence-corrected chi connectivity index (χ0v) is 16.8.